The SMILES string of the molecule is O=C(Nc1ccc(Cl)cc1)OC[C@H](CCl)OC(=O)Nc1ccc(Cl)cc1. The lowest BCUT2D eigenvalue weighted by Crippen LogP contribution is -2.30. The van der Waals surface area contributed by atoms with Crippen molar-refractivity contribution in [1.82, 2.24) is 0 Å². The first-order valence-electron chi connectivity index (χ1n) is 7.45. The second kappa shape index (κ2) is 10.1. The van der Waals surface area contributed by atoms with Crippen molar-refractivity contribution in [2.75, 3.05) is 23.1 Å². The van der Waals surface area contributed by atoms with Crippen molar-refractivity contribution in [3.63, 3.8) is 0 Å². The van der Waals surface area contributed by atoms with E-state index in [2.05, 4.69) is 10.6 Å². The molecule has 6 nitrogen and oxygen atoms in total. The summed E-state index contributed by atoms with van der Waals surface area (Å²) in [5, 5.41) is 6.13. The normalized spacial score (nSPS) is 11.3. The minimum atomic E-state index is -0.806. The van der Waals surface area contributed by atoms with Gasteiger partial charge in [-0.1, -0.05) is 23.2 Å². The summed E-state index contributed by atoms with van der Waals surface area (Å²) in [6.07, 6.45) is -2.23. The molecule has 2 N–H and O–H groups in total. The number of halogens is 3. The van der Waals surface area contributed by atoms with E-state index in [-0.39, 0.29) is 12.5 Å². The Balaban J connectivity index is 1.77. The zero-order chi connectivity index (χ0) is 18.9. The van der Waals surface area contributed by atoms with Crippen LogP contribution >= 0.6 is 34.8 Å². The Labute approximate surface area is 165 Å². The van der Waals surface area contributed by atoms with Crippen molar-refractivity contribution in [3.05, 3.63) is 58.6 Å². The molecule has 2 amide bonds. The number of amides is 2. The molecule has 2 rings (SSSR count). The van der Waals surface area contributed by atoms with E-state index in [9.17, 15) is 9.59 Å². The summed E-state index contributed by atoms with van der Waals surface area (Å²) in [5.41, 5.74) is 1.03. The fourth-order valence-electron chi connectivity index (χ4n) is 1.80. The average molecular weight is 418 g/mol. The van der Waals surface area contributed by atoms with E-state index < -0.39 is 18.3 Å². The molecule has 0 radical (unpaired) electrons. The van der Waals surface area contributed by atoms with Crippen LogP contribution in [0.15, 0.2) is 48.5 Å². The van der Waals surface area contributed by atoms with Crippen molar-refractivity contribution >= 4 is 58.4 Å². The Kier molecular flexibility index (Phi) is 7.84. The van der Waals surface area contributed by atoms with Gasteiger partial charge in [0.05, 0.1) is 5.88 Å². The molecule has 0 fully saturated rings. The predicted molar refractivity (Wildman–Crippen MR) is 102 cm³/mol. The van der Waals surface area contributed by atoms with Crippen molar-refractivity contribution in [3.8, 4) is 0 Å². The Hall–Kier alpha value is -2.15. The lowest BCUT2D eigenvalue weighted by molar-refractivity contribution is 0.0667. The first kappa shape index (κ1) is 20.2. The van der Waals surface area contributed by atoms with Gasteiger partial charge in [0.25, 0.3) is 0 Å². The summed E-state index contributed by atoms with van der Waals surface area (Å²) in [6, 6.07) is 13.0. The Bertz CT molecular complexity index is 739. The van der Waals surface area contributed by atoms with E-state index in [0.29, 0.717) is 21.4 Å². The molecule has 0 saturated carbocycles. The van der Waals surface area contributed by atoms with Crippen LogP contribution in [0.1, 0.15) is 0 Å². The average Bonchev–Trinajstić information content (AvgIpc) is 2.62. The molecule has 1 atom stereocenters. The summed E-state index contributed by atoms with van der Waals surface area (Å²) >= 11 is 17.3. The maximum atomic E-state index is 11.8. The van der Waals surface area contributed by atoms with Crippen LogP contribution in [0.4, 0.5) is 21.0 Å². The number of carbonyl (C=O) groups excluding carboxylic acids is 2. The van der Waals surface area contributed by atoms with E-state index in [1.165, 1.54) is 0 Å². The summed E-state index contributed by atoms with van der Waals surface area (Å²) < 4.78 is 10.1. The van der Waals surface area contributed by atoms with Gasteiger partial charge in [0.2, 0.25) is 0 Å². The number of rotatable bonds is 6. The van der Waals surface area contributed by atoms with Gasteiger partial charge in [-0.2, -0.15) is 0 Å². The van der Waals surface area contributed by atoms with Gasteiger partial charge in [-0.3, -0.25) is 10.6 Å². The van der Waals surface area contributed by atoms with E-state index in [4.69, 9.17) is 44.3 Å². The van der Waals surface area contributed by atoms with Crippen LogP contribution in [0, 0.1) is 0 Å². The molecule has 0 saturated heterocycles. The first-order valence-corrected chi connectivity index (χ1v) is 8.74. The molecule has 2 aromatic carbocycles. The molecule has 2 aromatic rings. The highest BCUT2D eigenvalue weighted by molar-refractivity contribution is 6.30. The Morgan fingerprint density at radius 3 is 1.77 bits per heavy atom. The second-order valence-electron chi connectivity index (χ2n) is 5.04. The van der Waals surface area contributed by atoms with E-state index >= 15 is 0 Å². The molecule has 138 valence electrons. The number of carbonyl (C=O) groups is 2. The Morgan fingerprint density at radius 2 is 1.31 bits per heavy atom. The van der Waals surface area contributed by atoms with Gasteiger partial charge in [0.15, 0.2) is 6.10 Å². The molecule has 0 bridgehead atoms. The molecular formula is C17H15Cl3N2O4. The van der Waals surface area contributed by atoms with Crippen LogP contribution in [0.2, 0.25) is 10.0 Å². The van der Waals surface area contributed by atoms with Gasteiger partial charge in [0.1, 0.15) is 6.61 Å². The molecule has 0 heterocycles. The first-order chi connectivity index (χ1) is 12.5. The zero-order valence-corrected chi connectivity index (χ0v) is 15.6. The molecule has 0 aliphatic carbocycles. The largest absolute Gasteiger partial charge is 0.445 e. The van der Waals surface area contributed by atoms with Gasteiger partial charge in [0, 0.05) is 21.4 Å². The minimum absolute atomic E-state index is 0.0394. The van der Waals surface area contributed by atoms with Crippen molar-refractivity contribution < 1.29 is 19.1 Å². The summed E-state index contributed by atoms with van der Waals surface area (Å²) in [6.45, 7) is -0.197. The molecule has 0 aliphatic rings. The number of benzene rings is 2. The maximum Gasteiger partial charge on any atom is 0.412 e. The van der Waals surface area contributed by atoms with Crippen molar-refractivity contribution in [2.45, 2.75) is 6.10 Å². The topological polar surface area (TPSA) is 76.7 Å². The van der Waals surface area contributed by atoms with Gasteiger partial charge in [-0.25, -0.2) is 9.59 Å². The van der Waals surface area contributed by atoms with Gasteiger partial charge >= 0.3 is 12.2 Å². The van der Waals surface area contributed by atoms with Crippen LogP contribution < -0.4 is 10.6 Å². The highest BCUT2D eigenvalue weighted by Crippen LogP contribution is 2.15. The van der Waals surface area contributed by atoms with Gasteiger partial charge in [-0.05, 0) is 48.5 Å². The molecule has 0 unspecified atom stereocenters. The molecule has 0 aliphatic heterocycles. The third kappa shape index (κ3) is 7.00. The van der Waals surface area contributed by atoms with E-state index in [0.717, 1.165) is 0 Å². The minimum Gasteiger partial charge on any atom is -0.445 e. The highest BCUT2D eigenvalue weighted by Gasteiger charge is 2.16. The quantitative estimate of drug-likeness (QED) is 0.617. The van der Waals surface area contributed by atoms with Crippen LogP contribution in [0.3, 0.4) is 0 Å². The standard InChI is InChI=1S/C17H15Cl3N2O4/c18-9-15(26-17(24)22-14-7-3-12(20)4-8-14)10-25-16(23)21-13-5-1-11(19)2-6-13/h1-8,15H,9-10H2,(H,21,23)(H,22,24)/t15-/m0/s1. The third-order valence-corrected chi connectivity index (χ3v) is 3.88. The summed E-state index contributed by atoms with van der Waals surface area (Å²) in [7, 11) is 0. The van der Waals surface area contributed by atoms with Crippen molar-refractivity contribution in [2.24, 2.45) is 0 Å². The van der Waals surface area contributed by atoms with E-state index in [1.807, 2.05) is 0 Å². The number of nitrogens with one attached hydrogen (secondary N) is 2. The van der Waals surface area contributed by atoms with Gasteiger partial charge < -0.3 is 9.47 Å². The summed E-state index contributed by atoms with van der Waals surface area (Å²) in [5.74, 6) is -0.0394. The van der Waals surface area contributed by atoms with Crippen molar-refractivity contribution in [1.29, 1.82) is 0 Å². The molecule has 0 spiro atoms. The molecule has 9 heteroatoms. The Morgan fingerprint density at radius 1 is 0.846 bits per heavy atom. The van der Waals surface area contributed by atoms with Crippen LogP contribution in [-0.4, -0.2) is 30.8 Å². The smallest absolute Gasteiger partial charge is 0.412 e. The predicted octanol–water partition coefficient (Wildman–Crippen LogP) is 5.40. The third-order valence-electron chi connectivity index (χ3n) is 3.03. The summed E-state index contributed by atoms with van der Waals surface area (Å²) in [4.78, 5) is 23.6. The molecule has 26 heavy (non-hydrogen) atoms. The highest BCUT2D eigenvalue weighted by atomic mass is 35.5. The number of hydrogen-bond donors (Lipinski definition) is 2. The molecule has 0 aromatic heterocycles. The lowest BCUT2D eigenvalue weighted by Gasteiger charge is -2.16. The number of anilines is 2. The van der Waals surface area contributed by atoms with Gasteiger partial charge in [-0.15, -0.1) is 11.6 Å². The van der Waals surface area contributed by atoms with Crippen LogP contribution in [-0.2, 0) is 9.47 Å². The fourth-order valence-corrected chi connectivity index (χ4v) is 2.20. The molecular weight excluding hydrogens is 403 g/mol. The number of hydrogen-bond acceptors (Lipinski definition) is 4. The van der Waals surface area contributed by atoms with E-state index in [1.54, 1.807) is 48.5 Å². The fraction of sp³-hybridized carbons (Fsp3) is 0.176. The number of ether oxygens (including phenoxy) is 2. The number of alkyl halides is 1. The maximum absolute atomic E-state index is 11.8. The second-order valence-corrected chi connectivity index (χ2v) is 6.23. The zero-order valence-electron chi connectivity index (χ0n) is 13.4. The lowest BCUT2D eigenvalue weighted by atomic mass is 10.3. The monoisotopic (exact) mass is 416 g/mol. The van der Waals surface area contributed by atoms with Crippen LogP contribution in [0.5, 0.6) is 0 Å². The van der Waals surface area contributed by atoms with Crippen LogP contribution in [0.25, 0.3) is 0 Å².